The standard InChI is InChI=1S/C12H16O3/c13-11-8-5-7-10(11)6-3-1-2-4-9-12(14)15/h3,5-7,10H,1-2,4,8-9H2,(H,14,15). The van der Waals surface area contributed by atoms with Gasteiger partial charge in [0, 0.05) is 12.8 Å². The molecule has 0 radical (unpaired) electrons. The minimum atomic E-state index is -0.743. The summed E-state index contributed by atoms with van der Waals surface area (Å²) in [5.41, 5.74) is 0. The molecular formula is C12H16O3. The fourth-order valence-corrected chi connectivity index (χ4v) is 1.53. The maximum Gasteiger partial charge on any atom is 0.303 e. The summed E-state index contributed by atoms with van der Waals surface area (Å²) in [5, 5.41) is 8.41. The predicted molar refractivity (Wildman–Crippen MR) is 57.5 cm³/mol. The summed E-state index contributed by atoms with van der Waals surface area (Å²) in [7, 11) is 0. The highest BCUT2D eigenvalue weighted by Gasteiger charge is 2.14. The fraction of sp³-hybridized carbons (Fsp3) is 0.500. The Labute approximate surface area is 89.5 Å². The van der Waals surface area contributed by atoms with Crippen molar-refractivity contribution in [3.05, 3.63) is 24.3 Å². The number of carbonyl (C=O) groups is 2. The largest absolute Gasteiger partial charge is 0.481 e. The summed E-state index contributed by atoms with van der Waals surface area (Å²) in [4.78, 5) is 21.4. The van der Waals surface area contributed by atoms with Crippen LogP contribution in [0.3, 0.4) is 0 Å². The highest BCUT2D eigenvalue weighted by Crippen LogP contribution is 2.14. The Hall–Kier alpha value is -1.38. The maximum atomic E-state index is 11.2. The van der Waals surface area contributed by atoms with Crippen molar-refractivity contribution in [2.45, 2.75) is 32.1 Å². The molecular weight excluding hydrogens is 192 g/mol. The Kier molecular flexibility index (Phi) is 4.81. The molecule has 0 saturated heterocycles. The number of hydrogen-bond acceptors (Lipinski definition) is 2. The van der Waals surface area contributed by atoms with Gasteiger partial charge in [0.05, 0.1) is 5.92 Å². The Morgan fingerprint density at radius 2 is 2.33 bits per heavy atom. The van der Waals surface area contributed by atoms with Crippen molar-refractivity contribution in [1.29, 1.82) is 0 Å². The van der Waals surface area contributed by atoms with Crippen molar-refractivity contribution in [3.8, 4) is 0 Å². The number of ketones is 1. The van der Waals surface area contributed by atoms with Crippen LogP contribution in [0.1, 0.15) is 32.1 Å². The zero-order valence-electron chi connectivity index (χ0n) is 8.69. The lowest BCUT2D eigenvalue weighted by Gasteiger charge is -1.98. The molecule has 0 heterocycles. The van der Waals surface area contributed by atoms with Crippen LogP contribution in [0.15, 0.2) is 24.3 Å². The molecule has 0 amide bonds. The van der Waals surface area contributed by atoms with E-state index in [2.05, 4.69) is 0 Å². The van der Waals surface area contributed by atoms with Crippen molar-refractivity contribution in [2.75, 3.05) is 0 Å². The van der Waals surface area contributed by atoms with E-state index in [1.54, 1.807) is 0 Å². The van der Waals surface area contributed by atoms with Crippen LogP contribution < -0.4 is 0 Å². The lowest BCUT2D eigenvalue weighted by atomic mass is 10.1. The average molecular weight is 208 g/mol. The average Bonchev–Trinajstić information content (AvgIpc) is 2.57. The second kappa shape index (κ2) is 6.17. The molecule has 1 rings (SSSR count). The fourth-order valence-electron chi connectivity index (χ4n) is 1.53. The van der Waals surface area contributed by atoms with Crippen LogP contribution in [0.4, 0.5) is 0 Å². The topological polar surface area (TPSA) is 54.4 Å². The van der Waals surface area contributed by atoms with Crippen LogP contribution in [0.5, 0.6) is 0 Å². The molecule has 1 aliphatic rings. The third-order valence-electron chi connectivity index (χ3n) is 2.39. The lowest BCUT2D eigenvalue weighted by molar-refractivity contribution is -0.137. The number of Topliss-reactive ketones (excluding diaryl/α,β-unsaturated/α-hetero) is 1. The van der Waals surface area contributed by atoms with Crippen LogP contribution in [-0.4, -0.2) is 16.9 Å². The first-order chi connectivity index (χ1) is 7.20. The monoisotopic (exact) mass is 208 g/mol. The molecule has 0 saturated carbocycles. The SMILES string of the molecule is O=C(O)CCCCC=CC1C=CCC1=O. The van der Waals surface area contributed by atoms with Gasteiger partial charge in [-0.25, -0.2) is 0 Å². The van der Waals surface area contributed by atoms with Gasteiger partial charge in [-0.3, -0.25) is 9.59 Å². The van der Waals surface area contributed by atoms with Crippen molar-refractivity contribution >= 4 is 11.8 Å². The second-order valence-corrected chi connectivity index (χ2v) is 3.69. The van der Waals surface area contributed by atoms with E-state index in [-0.39, 0.29) is 18.1 Å². The first-order valence-electron chi connectivity index (χ1n) is 5.28. The third kappa shape index (κ3) is 4.58. The summed E-state index contributed by atoms with van der Waals surface area (Å²) in [5.74, 6) is -0.533. The number of hydrogen-bond donors (Lipinski definition) is 1. The van der Waals surface area contributed by atoms with Crippen LogP contribution in [0.2, 0.25) is 0 Å². The third-order valence-corrected chi connectivity index (χ3v) is 2.39. The van der Waals surface area contributed by atoms with Crippen molar-refractivity contribution < 1.29 is 14.7 Å². The highest BCUT2D eigenvalue weighted by atomic mass is 16.4. The first kappa shape index (κ1) is 11.7. The molecule has 1 aliphatic carbocycles. The van der Waals surface area contributed by atoms with E-state index in [1.165, 1.54) is 0 Å². The Bertz CT molecular complexity index is 289. The molecule has 0 spiro atoms. The summed E-state index contributed by atoms with van der Waals surface area (Å²) in [6, 6.07) is 0. The van der Waals surface area contributed by atoms with Crippen LogP contribution in [0, 0.1) is 5.92 Å². The lowest BCUT2D eigenvalue weighted by Crippen LogP contribution is -2.01. The number of carbonyl (C=O) groups excluding carboxylic acids is 1. The van der Waals surface area contributed by atoms with E-state index in [0.717, 1.165) is 12.8 Å². The molecule has 0 bridgehead atoms. The van der Waals surface area contributed by atoms with Gasteiger partial charge in [-0.2, -0.15) is 0 Å². The molecule has 1 unspecified atom stereocenters. The maximum absolute atomic E-state index is 11.2. The number of allylic oxidation sites excluding steroid dienone is 4. The molecule has 0 fully saturated rings. The molecule has 3 heteroatoms. The minimum Gasteiger partial charge on any atom is -0.481 e. The molecule has 1 N–H and O–H groups in total. The number of carboxylic acids is 1. The van der Waals surface area contributed by atoms with Gasteiger partial charge in [0.15, 0.2) is 0 Å². The van der Waals surface area contributed by atoms with E-state index < -0.39 is 5.97 Å². The zero-order valence-corrected chi connectivity index (χ0v) is 8.69. The Morgan fingerprint density at radius 1 is 1.53 bits per heavy atom. The van der Waals surface area contributed by atoms with E-state index in [1.807, 2.05) is 24.3 Å². The summed E-state index contributed by atoms with van der Waals surface area (Å²) < 4.78 is 0. The predicted octanol–water partition coefficient (Wildman–Crippen LogP) is 2.33. The van der Waals surface area contributed by atoms with E-state index >= 15 is 0 Å². The molecule has 15 heavy (non-hydrogen) atoms. The van der Waals surface area contributed by atoms with Crippen molar-refractivity contribution in [1.82, 2.24) is 0 Å². The van der Waals surface area contributed by atoms with Crippen molar-refractivity contribution in [3.63, 3.8) is 0 Å². The van der Waals surface area contributed by atoms with Crippen LogP contribution in [0.25, 0.3) is 0 Å². The Morgan fingerprint density at radius 3 is 2.93 bits per heavy atom. The number of rotatable bonds is 6. The van der Waals surface area contributed by atoms with Crippen LogP contribution in [-0.2, 0) is 9.59 Å². The van der Waals surface area contributed by atoms with Gasteiger partial charge in [0.2, 0.25) is 0 Å². The van der Waals surface area contributed by atoms with Gasteiger partial charge >= 0.3 is 5.97 Å². The van der Waals surface area contributed by atoms with E-state index in [4.69, 9.17) is 5.11 Å². The van der Waals surface area contributed by atoms with E-state index in [9.17, 15) is 9.59 Å². The number of unbranched alkanes of at least 4 members (excludes halogenated alkanes) is 2. The Balaban J connectivity index is 2.09. The molecule has 82 valence electrons. The smallest absolute Gasteiger partial charge is 0.303 e. The normalized spacial score (nSPS) is 20.3. The minimum absolute atomic E-state index is 0.0375. The molecule has 3 nitrogen and oxygen atoms in total. The molecule has 0 aliphatic heterocycles. The number of aliphatic carboxylic acids is 1. The highest BCUT2D eigenvalue weighted by molar-refractivity contribution is 5.88. The molecule has 1 atom stereocenters. The second-order valence-electron chi connectivity index (χ2n) is 3.69. The number of carboxylic acid groups (broad SMARTS) is 1. The molecule has 0 aromatic heterocycles. The molecule has 0 aromatic carbocycles. The first-order valence-corrected chi connectivity index (χ1v) is 5.28. The van der Waals surface area contributed by atoms with Gasteiger partial charge < -0.3 is 5.11 Å². The van der Waals surface area contributed by atoms with Gasteiger partial charge in [0.1, 0.15) is 5.78 Å². The zero-order chi connectivity index (χ0) is 11.1. The summed E-state index contributed by atoms with van der Waals surface area (Å²) in [6.45, 7) is 0. The van der Waals surface area contributed by atoms with Crippen molar-refractivity contribution in [2.24, 2.45) is 5.92 Å². The summed E-state index contributed by atoms with van der Waals surface area (Å²) in [6.07, 6.45) is 10.9. The van der Waals surface area contributed by atoms with Crippen LogP contribution >= 0.6 is 0 Å². The quantitative estimate of drug-likeness (QED) is 0.538. The van der Waals surface area contributed by atoms with Gasteiger partial charge in [-0.15, -0.1) is 0 Å². The van der Waals surface area contributed by atoms with Gasteiger partial charge in [-0.05, 0) is 19.3 Å². The van der Waals surface area contributed by atoms with E-state index in [0.29, 0.717) is 12.8 Å². The molecule has 0 aromatic rings. The summed E-state index contributed by atoms with van der Waals surface area (Å²) >= 11 is 0. The van der Waals surface area contributed by atoms with Gasteiger partial charge in [-0.1, -0.05) is 24.3 Å². The van der Waals surface area contributed by atoms with Gasteiger partial charge in [0.25, 0.3) is 0 Å².